The molecule has 3 heterocycles. The van der Waals surface area contributed by atoms with E-state index in [1.165, 1.54) is 12.8 Å². The van der Waals surface area contributed by atoms with Crippen molar-refractivity contribution in [2.45, 2.75) is 44.1 Å². The summed E-state index contributed by atoms with van der Waals surface area (Å²) in [6, 6.07) is 10.3. The largest absolute Gasteiger partial charge is 0.347 e. The summed E-state index contributed by atoms with van der Waals surface area (Å²) >= 11 is 5.80. The van der Waals surface area contributed by atoms with Gasteiger partial charge in [-0.15, -0.1) is 0 Å². The van der Waals surface area contributed by atoms with Crippen LogP contribution >= 0.6 is 12.2 Å². The molecule has 0 amide bonds. The molecule has 0 unspecified atom stereocenters. The van der Waals surface area contributed by atoms with Crippen LogP contribution in [-0.4, -0.2) is 51.3 Å². The van der Waals surface area contributed by atoms with E-state index in [2.05, 4.69) is 33.7 Å². The molecule has 1 aromatic carbocycles. The van der Waals surface area contributed by atoms with Gasteiger partial charge in [-0.1, -0.05) is 18.2 Å². The molecular weight excluding hydrogens is 348 g/mol. The van der Waals surface area contributed by atoms with Crippen LogP contribution in [0.5, 0.6) is 0 Å². The number of piperidine rings is 1. The van der Waals surface area contributed by atoms with Crippen molar-refractivity contribution in [2.24, 2.45) is 0 Å². The number of hydrogen-bond acceptors (Lipinski definition) is 5. The summed E-state index contributed by atoms with van der Waals surface area (Å²) in [4.78, 5) is 2.39. The Hall–Kier alpha value is -1.54. The number of rotatable bonds is 4. The van der Waals surface area contributed by atoms with Gasteiger partial charge in [0.25, 0.3) is 0 Å². The van der Waals surface area contributed by atoms with Gasteiger partial charge >= 0.3 is 0 Å². The van der Waals surface area contributed by atoms with Gasteiger partial charge in [-0.2, -0.15) is 5.10 Å². The van der Waals surface area contributed by atoms with Gasteiger partial charge in [-0.3, -0.25) is 9.47 Å². The number of benzene rings is 1. The lowest BCUT2D eigenvalue weighted by Gasteiger charge is -2.37. The van der Waals surface area contributed by atoms with Gasteiger partial charge in [0.2, 0.25) is 4.77 Å². The van der Waals surface area contributed by atoms with Crippen LogP contribution in [0.25, 0.3) is 5.69 Å². The fraction of sp³-hybridized carbons (Fsp3) is 0.579. The van der Waals surface area contributed by atoms with E-state index in [1.54, 1.807) is 0 Å². The Kier molecular flexibility index (Phi) is 4.20. The van der Waals surface area contributed by atoms with Gasteiger partial charge in [0.1, 0.15) is 5.82 Å². The van der Waals surface area contributed by atoms with Crippen LogP contribution in [0, 0.1) is 4.77 Å². The molecule has 0 atom stereocenters. The second-order valence-electron chi connectivity index (χ2n) is 7.45. The summed E-state index contributed by atoms with van der Waals surface area (Å²) in [6.45, 7) is 4.06. The third kappa shape index (κ3) is 3.03. The standard InChI is InChI=1S/C19H24N4O2S/c26-18-22(14-21-10-8-19(9-11-21)24-12-13-25-19)20-17(15-6-7-15)23(18)16-4-2-1-3-5-16/h1-5,15H,6-14H2. The normalized spacial score (nSPS) is 22.9. The Balaban J connectivity index is 1.38. The van der Waals surface area contributed by atoms with E-state index in [0.29, 0.717) is 5.92 Å². The van der Waals surface area contributed by atoms with Gasteiger partial charge < -0.3 is 9.47 Å². The highest BCUT2D eigenvalue weighted by Gasteiger charge is 2.40. The molecule has 5 rings (SSSR count). The highest BCUT2D eigenvalue weighted by molar-refractivity contribution is 7.71. The minimum Gasteiger partial charge on any atom is -0.347 e. The number of ether oxygens (including phenoxy) is 2. The molecule has 2 aromatic rings. The van der Waals surface area contributed by atoms with Crippen molar-refractivity contribution in [3.63, 3.8) is 0 Å². The lowest BCUT2D eigenvalue weighted by molar-refractivity contribution is -0.187. The first-order valence-corrected chi connectivity index (χ1v) is 9.90. The minimum absolute atomic E-state index is 0.333. The number of aromatic nitrogens is 3. The summed E-state index contributed by atoms with van der Waals surface area (Å²) in [5.41, 5.74) is 1.11. The van der Waals surface area contributed by atoms with E-state index in [0.717, 1.165) is 62.1 Å². The lowest BCUT2D eigenvalue weighted by Crippen LogP contribution is -2.45. The number of nitrogens with zero attached hydrogens (tertiary/aromatic N) is 4. The van der Waals surface area contributed by atoms with Crippen molar-refractivity contribution in [1.82, 2.24) is 19.2 Å². The molecule has 7 heteroatoms. The smallest absolute Gasteiger partial charge is 0.203 e. The average molecular weight is 372 g/mol. The summed E-state index contributed by atoms with van der Waals surface area (Å²) in [5, 5.41) is 4.90. The van der Waals surface area contributed by atoms with Crippen molar-refractivity contribution in [1.29, 1.82) is 0 Å². The molecule has 1 aliphatic carbocycles. The zero-order chi connectivity index (χ0) is 17.6. The Morgan fingerprint density at radius 2 is 1.77 bits per heavy atom. The van der Waals surface area contributed by atoms with Gasteiger partial charge in [0.15, 0.2) is 5.79 Å². The van der Waals surface area contributed by atoms with Crippen LogP contribution < -0.4 is 0 Å². The van der Waals surface area contributed by atoms with E-state index in [9.17, 15) is 0 Å². The van der Waals surface area contributed by atoms with Crippen molar-refractivity contribution in [3.8, 4) is 5.69 Å². The average Bonchev–Trinajstić information content (AvgIpc) is 3.34. The van der Waals surface area contributed by atoms with Gasteiger partial charge in [0.05, 0.1) is 19.9 Å². The molecule has 1 saturated carbocycles. The number of para-hydroxylation sites is 1. The molecule has 6 nitrogen and oxygen atoms in total. The second kappa shape index (κ2) is 6.56. The van der Waals surface area contributed by atoms with Crippen molar-refractivity contribution in [3.05, 3.63) is 40.9 Å². The molecule has 138 valence electrons. The summed E-state index contributed by atoms with van der Waals surface area (Å²) in [7, 11) is 0. The monoisotopic (exact) mass is 372 g/mol. The van der Waals surface area contributed by atoms with Crippen molar-refractivity contribution < 1.29 is 9.47 Å². The third-order valence-electron chi connectivity index (χ3n) is 5.59. The zero-order valence-electron chi connectivity index (χ0n) is 14.8. The van der Waals surface area contributed by atoms with Crippen LogP contribution in [0.2, 0.25) is 0 Å². The molecule has 3 fully saturated rings. The van der Waals surface area contributed by atoms with E-state index < -0.39 is 0 Å². The maximum Gasteiger partial charge on any atom is 0.203 e. The van der Waals surface area contributed by atoms with Crippen molar-refractivity contribution in [2.75, 3.05) is 26.3 Å². The van der Waals surface area contributed by atoms with E-state index >= 15 is 0 Å². The van der Waals surface area contributed by atoms with Gasteiger partial charge in [0, 0.05) is 37.5 Å². The number of hydrogen-bond donors (Lipinski definition) is 0. The Morgan fingerprint density at radius 1 is 1.08 bits per heavy atom. The van der Waals surface area contributed by atoms with Gasteiger partial charge in [-0.05, 0) is 37.2 Å². The Morgan fingerprint density at radius 3 is 2.42 bits per heavy atom. The predicted molar refractivity (Wildman–Crippen MR) is 99.8 cm³/mol. The zero-order valence-corrected chi connectivity index (χ0v) is 15.7. The molecule has 0 bridgehead atoms. The topological polar surface area (TPSA) is 44.4 Å². The van der Waals surface area contributed by atoms with Crippen LogP contribution in [-0.2, 0) is 16.1 Å². The summed E-state index contributed by atoms with van der Waals surface area (Å²) in [5.74, 6) is 1.32. The molecule has 0 N–H and O–H groups in total. The first kappa shape index (κ1) is 16.6. The molecule has 1 spiro atoms. The van der Waals surface area contributed by atoms with E-state index in [4.69, 9.17) is 26.8 Å². The van der Waals surface area contributed by atoms with Crippen LogP contribution in [0.1, 0.15) is 37.4 Å². The Labute approximate surface area is 158 Å². The fourth-order valence-corrected chi connectivity index (χ4v) is 4.25. The lowest BCUT2D eigenvalue weighted by atomic mass is 10.0. The maximum absolute atomic E-state index is 5.83. The molecule has 2 aliphatic heterocycles. The van der Waals surface area contributed by atoms with Crippen LogP contribution in [0.3, 0.4) is 0 Å². The first-order chi connectivity index (χ1) is 12.7. The highest BCUT2D eigenvalue weighted by atomic mass is 32.1. The highest BCUT2D eigenvalue weighted by Crippen LogP contribution is 2.40. The number of likely N-dealkylation sites (tertiary alicyclic amines) is 1. The first-order valence-electron chi connectivity index (χ1n) is 9.50. The molecule has 1 aromatic heterocycles. The maximum atomic E-state index is 5.83. The van der Waals surface area contributed by atoms with E-state index in [-0.39, 0.29) is 5.79 Å². The SMILES string of the molecule is S=c1n(CN2CCC3(CC2)OCCO3)nc(C2CC2)n1-c1ccccc1. The second-order valence-corrected chi connectivity index (χ2v) is 7.82. The quantitative estimate of drug-likeness (QED) is 0.772. The minimum atomic E-state index is -0.333. The van der Waals surface area contributed by atoms with Crippen LogP contribution in [0.15, 0.2) is 30.3 Å². The predicted octanol–water partition coefficient (Wildman–Crippen LogP) is 3.08. The molecule has 3 aliphatic rings. The summed E-state index contributed by atoms with van der Waals surface area (Å²) < 4.78 is 16.6. The van der Waals surface area contributed by atoms with Gasteiger partial charge in [-0.25, -0.2) is 4.68 Å². The molecule has 26 heavy (non-hydrogen) atoms. The van der Waals surface area contributed by atoms with Crippen molar-refractivity contribution >= 4 is 12.2 Å². The van der Waals surface area contributed by atoms with E-state index in [1.807, 2.05) is 10.7 Å². The summed E-state index contributed by atoms with van der Waals surface area (Å²) in [6.07, 6.45) is 4.24. The Bertz CT molecular complexity index is 827. The molecular formula is C19H24N4O2S. The fourth-order valence-electron chi connectivity index (χ4n) is 3.95. The van der Waals surface area contributed by atoms with Crippen LogP contribution in [0.4, 0.5) is 0 Å². The third-order valence-corrected chi connectivity index (χ3v) is 5.98. The molecule has 2 saturated heterocycles. The molecule has 0 radical (unpaired) electrons.